The summed E-state index contributed by atoms with van der Waals surface area (Å²) >= 11 is 0. The highest BCUT2D eigenvalue weighted by molar-refractivity contribution is 5.84. The third-order valence-corrected chi connectivity index (χ3v) is 2.65. The van der Waals surface area contributed by atoms with Crippen LogP contribution in [0.2, 0.25) is 0 Å². The second-order valence-corrected chi connectivity index (χ2v) is 7.31. The number of rotatable bonds is 3. The molecule has 1 saturated carbocycles. The first-order valence-electron chi connectivity index (χ1n) is 6.78. The van der Waals surface area contributed by atoms with E-state index < -0.39 is 17.6 Å². The van der Waals surface area contributed by atoms with Crippen LogP contribution in [-0.2, 0) is 9.53 Å². The fourth-order valence-electron chi connectivity index (χ4n) is 1.57. The van der Waals surface area contributed by atoms with Gasteiger partial charge in [0.05, 0.1) is 0 Å². The Morgan fingerprint density at radius 2 is 1.63 bits per heavy atom. The van der Waals surface area contributed by atoms with Gasteiger partial charge in [-0.3, -0.25) is 4.79 Å². The summed E-state index contributed by atoms with van der Waals surface area (Å²) in [5, 5.41) is 5.59. The van der Waals surface area contributed by atoms with Gasteiger partial charge in [0.15, 0.2) is 6.10 Å². The minimum atomic E-state index is -0.782. The average molecular weight is 270 g/mol. The van der Waals surface area contributed by atoms with Gasteiger partial charge in [0, 0.05) is 17.0 Å². The Morgan fingerprint density at radius 1 is 1.11 bits per heavy atom. The first-order valence-corrected chi connectivity index (χ1v) is 6.78. The maximum absolute atomic E-state index is 12.1. The van der Waals surface area contributed by atoms with Crippen molar-refractivity contribution in [2.75, 3.05) is 0 Å². The zero-order valence-electron chi connectivity index (χ0n) is 12.8. The largest absolute Gasteiger partial charge is 0.436 e. The number of hydrogen-bond acceptors (Lipinski definition) is 3. The van der Waals surface area contributed by atoms with Gasteiger partial charge < -0.3 is 15.4 Å². The molecule has 19 heavy (non-hydrogen) atoms. The van der Waals surface area contributed by atoms with Crippen molar-refractivity contribution in [3.8, 4) is 0 Å². The van der Waals surface area contributed by atoms with E-state index in [4.69, 9.17) is 4.74 Å². The summed E-state index contributed by atoms with van der Waals surface area (Å²) in [6.07, 6.45) is 0.682. The van der Waals surface area contributed by atoms with Crippen molar-refractivity contribution < 1.29 is 14.3 Å². The molecular formula is C14H26N2O3. The molecular weight excluding hydrogens is 244 g/mol. The second-order valence-electron chi connectivity index (χ2n) is 7.31. The predicted octanol–water partition coefficient (Wildman–Crippen LogP) is 2.20. The monoisotopic (exact) mass is 270 g/mol. The van der Waals surface area contributed by atoms with Gasteiger partial charge in [0.2, 0.25) is 0 Å². The lowest BCUT2D eigenvalue weighted by Crippen LogP contribution is -2.50. The molecule has 5 heteroatoms. The van der Waals surface area contributed by atoms with E-state index in [0.29, 0.717) is 0 Å². The molecule has 0 aromatic heterocycles. The van der Waals surface area contributed by atoms with Crippen molar-refractivity contribution in [2.24, 2.45) is 5.41 Å². The molecule has 0 bridgehead atoms. The molecule has 1 fully saturated rings. The van der Waals surface area contributed by atoms with Gasteiger partial charge in [0.25, 0.3) is 5.91 Å². The summed E-state index contributed by atoms with van der Waals surface area (Å²) < 4.78 is 5.32. The van der Waals surface area contributed by atoms with Crippen LogP contribution in [0.5, 0.6) is 0 Å². The normalized spacial score (nSPS) is 17.6. The van der Waals surface area contributed by atoms with Gasteiger partial charge in [0.1, 0.15) is 0 Å². The molecule has 0 aliphatic heterocycles. The van der Waals surface area contributed by atoms with E-state index in [-0.39, 0.29) is 17.5 Å². The van der Waals surface area contributed by atoms with Gasteiger partial charge in [-0.1, -0.05) is 20.8 Å². The predicted molar refractivity (Wildman–Crippen MR) is 73.8 cm³/mol. The van der Waals surface area contributed by atoms with Gasteiger partial charge in [-0.25, -0.2) is 4.79 Å². The van der Waals surface area contributed by atoms with Crippen LogP contribution in [0.3, 0.4) is 0 Å². The highest BCUT2D eigenvalue weighted by atomic mass is 16.6. The highest BCUT2D eigenvalue weighted by Gasteiger charge is 2.38. The van der Waals surface area contributed by atoms with E-state index in [1.54, 1.807) is 0 Å². The van der Waals surface area contributed by atoms with Crippen molar-refractivity contribution in [3.63, 3.8) is 0 Å². The van der Waals surface area contributed by atoms with Crippen LogP contribution in [0.25, 0.3) is 0 Å². The molecule has 0 aromatic rings. The topological polar surface area (TPSA) is 67.4 Å². The number of nitrogens with one attached hydrogen (secondary N) is 2. The summed E-state index contributed by atoms with van der Waals surface area (Å²) in [6, 6.07) is 0.256. The molecule has 2 N–H and O–H groups in total. The van der Waals surface area contributed by atoms with E-state index in [9.17, 15) is 9.59 Å². The molecule has 5 nitrogen and oxygen atoms in total. The molecule has 0 unspecified atom stereocenters. The van der Waals surface area contributed by atoms with Gasteiger partial charge in [-0.2, -0.15) is 0 Å². The van der Waals surface area contributed by atoms with E-state index >= 15 is 0 Å². The number of carbonyl (C=O) groups is 2. The number of amides is 2. The third-order valence-electron chi connectivity index (χ3n) is 2.65. The minimum Gasteiger partial charge on any atom is -0.436 e. The third kappa shape index (κ3) is 5.94. The molecule has 1 aliphatic rings. The number of alkyl carbamates (subject to hydrolysis) is 1. The van der Waals surface area contributed by atoms with Crippen LogP contribution in [-0.4, -0.2) is 29.7 Å². The summed E-state index contributed by atoms with van der Waals surface area (Å²) in [5.74, 6) is -0.209. The summed E-state index contributed by atoms with van der Waals surface area (Å²) in [7, 11) is 0. The van der Waals surface area contributed by atoms with Crippen LogP contribution < -0.4 is 10.6 Å². The molecule has 1 rings (SSSR count). The first-order chi connectivity index (χ1) is 8.49. The average Bonchev–Trinajstić information content (AvgIpc) is 2.93. The van der Waals surface area contributed by atoms with Crippen molar-refractivity contribution in [1.82, 2.24) is 10.6 Å². The van der Waals surface area contributed by atoms with E-state index in [0.717, 1.165) is 12.8 Å². The van der Waals surface area contributed by atoms with Crippen molar-refractivity contribution >= 4 is 12.0 Å². The van der Waals surface area contributed by atoms with Gasteiger partial charge >= 0.3 is 6.09 Å². The Labute approximate surface area is 115 Å². The molecule has 1 atom stereocenters. The Balaban J connectivity index is 2.64. The van der Waals surface area contributed by atoms with Crippen molar-refractivity contribution in [3.05, 3.63) is 0 Å². The second kappa shape index (κ2) is 5.39. The zero-order chi connectivity index (χ0) is 14.8. The number of hydrogen-bond donors (Lipinski definition) is 2. The van der Waals surface area contributed by atoms with Crippen LogP contribution in [0.1, 0.15) is 54.4 Å². The van der Waals surface area contributed by atoms with Crippen molar-refractivity contribution in [2.45, 2.75) is 72.1 Å². The first kappa shape index (κ1) is 15.8. The van der Waals surface area contributed by atoms with Gasteiger partial charge in [-0.05, 0) is 33.6 Å². The molecule has 0 saturated heterocycles. The summed E-state index contributed by atoms with van der Waals surface area (Å²) in [6.45, 7) is 11.2. The quantitative estimate of drug-likeness (QED) is 0.826. The van der Waals surface area contributed by atoms with E-state index in [1.165, 1.54) is 0 Å². The van der Waals surface area contributed by atoms with E-state index in [1.807, 2.05) is 41.5 Å². The minimum absolute atomic E-state index is 0.209. The lowest BCUT2D eigenvalue weighted by atomic mass is 9.88. The maximum Gasteiger partial charge on any atom is 0.408 e. The lowest BCUT2D eigenvalue weighted by Gasteiger charge is -2.30. The zero-order valence-corrected chi connectivity index (χ0v) is 12.8. The van der Waals surface area contributed by atoms with Crippen LogP contribution in [0.4, 0.5) is 4.79 Å². The van der Waals surface area contributed by atoms with Crippen LogP contribution in [0, 0.1) is 5.41 Å². The molecule has 0 heterocycles. The van der Waals surface area contributed by atoms with Crippen LogP contribution >= 0.6 is 0 Å². The maximum atomic E-state index is 12.1. The molecule has 2 amide bonds. The Kier molecular flexibility index (Phi) is 4.48. The summed E-state index contributed by atoms with van der Waals surface area (Å²) in [4.78, 5) is 23.9. The Morgan fingerprint density at radius 3 is 2.00 bits per heavy atom. The van der Waals surface area contributed by atoms with Crippen molar-refractivity contribution in [1.29, 1.82) is 0 Å². The Bertz CT molecular complexity index is 349. The molecule has 110 valence electrons. The van der Waals surface area contributed by atoms with Gasteiger partial charge in [-0.15, -0.1) is 0 Å². The Hall–Kier alpha value is -1.26. The molecule has 0 spiro atoms. The lowest BCUT2D eigenvalue weighted by molar-refractivity contribution is -0.135. The number of carbonyl (C=O) groups excluding carboxylic acids is 2. The fourth-order valence-corrected chi connectivity index (χ4v) is 1.57. The molecule has 0 aromatic carbocycles. The smallest absolute Gasteiger partial charge is 0.408 e. The van der Waals surface area contributed by atoms with E-state index in [2.05, 4.69) is 10.6 Å². The SMILES string of the molecule is CC(C)(C)NC(=O)O[C@@H](C(=O)NC1CC1)C(C)(C)C. The van der Waals surface area contributed by atoms with Crippen LogP contribution in [0.15, 0.2) is 0 Å². The molecule has 1 aliphatic carbocycles. The summed E-state index contributed by atoms with van der Waals surface area (Å²) in [5.41, 5.74) is -0.819. The highest BCUT2D eigenvalue weighted by Crippen LogP contribution is 2.25. The number of ether oxygens (including phenoxy) is 1. The standard InChI is InChI=1S/C14H26N2O3/c1-13(2,3)10(11(17)15-9-7-8-9)19-12(18)16-14(4,5)6/h9-10H,7-8H2,1-6H3,(H,15,17)(H,16,18)/t10-/m0/s1. The fraction of sp³-hybridized carbons (Fsp3) is 0.857. The molecule has 0 radical (unpaired) electrons.